The largest absolute Gasteiger partial charge is 0.489 e. The Balaban J connectivity index is 1.20. The summed E-state index contributed by atoms with van der Waals surface area (Å²) in [4.78, 5) is 46.2. The fraction of sp³-hybridized carbons (Fsp3) is 0.324. The van der Waals surface area contributed by atoms with Crippen molar-refractivity contribution in [3.8, 4) is 5.75 Å². The highest BCUT2D eigenvalue weighted by molar-refractivity contribution is 9.10. The molecule has 3 aromatic carbocycles. The lowest BCUT2D eigenvalue weighted by Crippen LogP contribution is -2.42. The Kier molecular flexibility index (Phi) is 6.51. The van der Waals surface area contributed by atoms with E-state index in [0.717, 1.165) is 43.2 Å². The molecular formula is C34H29BrN2O4S2. The number of H-pyrrole nitrogens is 1. The second-order valence-corrected chi connectivity index (χ2v) is 15.4. The highest BCUT2D eigenvalue weighted by Gasteiger charge is 2.69. The van der Waals surface area contributed by atoms with E-state index < -0.39 is 0 Å². The summed E-state index contributed by atoms with van der Waals surface area (Å²) in [6, 6.07) is 22.0. The molecule has 0 radical (unpaired) electrons. The van der Waals surface area contributed by atoms with Crippen LogP contribution in [0.5, 0.6) is 5.75 Å². The van der Waals surface area contributed by atoms with Crippen LogP contribution in [-0.4, -0.2) is 22.0 Å². The van der Waals surface area contributed by atoms with Crippen molar-refractivity contribution in [3.63, 3.8) is 0 Å². The summed E-state index contributed by atoms with van der Waals surface area (Å²) in [5.74, 6) is 0.0505. The van der Waals surface area contributed by atoms with Gasteiger partial charge in [0.05, 0.1) is 22.5 Å². The first-order valence-electron chi connectivity index (χ1n) is 14.6. The van der Waals surface area contributed by atoms with Crippen molar-refractivity contribution < 1.29 is 14.3 Å². The summed E-state index contributed by atoms with van der Waals surface area (Å²) in [5.41, 5.74) is 5.03. The number of benzene rings is 3. The van der Waals surface area contributed by atoms with Crippen molar-refractivity contribution in [1.82, 2.24) is 4.98 Å². The molecule has 2 aliphatic carbocycles. The van der Waals surface area contributed by atoms with Crippen LogP contribution in [0.3, 0.4) is 0 Å². The van der Waals surface area contributed by atoms with Gasteiger partial charge in [0.25, 0.3) is 0 Å². The summed E-state index contributed by atoms with van der Waals surface area (Å²) in [7, 11) is 0. The zero-order chi connectivity index (χ0) is 29.6. The van der Waals surface area contributed by atoms with E-state index in [1.807, 2.05) is 49.4 Å². The molecule has 1 N–H and O–H groups in total. The Bertz CT molecular complexity index is 1850. The van der Waals surface area contributed by atoms with E-state index >= 15 is 0 Å². The quantitative estimate of drug-likeness (QED) is 0.229. The number of thiazole rings is 1. The van der Waals surface area contributed by atoms with Crippen LogP contribution in [0.4, 0.5) is 5.69 Å². The van der Waals surface area contributed by atoms with Crippen LogP contribution in [0.2, 0.25) is 0 Å². The molecule has 43 heavy (non-hydrogen) atoms. The molecule has 218 valence electrons. The van der Waals surface area contributed by atoms with Gasteiger partial charge in [-0.25, -0.2) is 0 Å². The second-order valence-electron chi connectivity index (χ2n) is 12.3. The number of anilines is 1. The molecule has 7 atom stereocenters. The van der Waals surface area contributed by atoms with E-state index in [0.29, 0.717) is 12.3 Å². The van der Waals surface area contributed by atoms with Gasteiger partial charge in [0.15, 0.2) is 0 Å². The van der Waals surface area contributed by atoms with E-state index in [1.165, 1.54) is 21.8 Å². The topological polar surface area (TPSA) is 79.5 Å². The molecule has 8 rings (SSSR count). The predicted octanol–water partition coefficient (Wildman–Crippen LogP) is 7.07. The molecule has 6 unspecified atom stereocenters. The summed E-state index contributed by atoms with van der Waals surface area (Å²) >= 11 is 6.66. The standard InChI is InChI=1S/C34H29BrN2O4S2/c1-16-6-9-20(10-7-16)37-32(38)27-22-14-23(28(27)33(37)39)29-26(22)25(30-31(42-29)36-34(40)43-30)21-13-19(35)8-11-24(21)41-15-18-5-3-4-17(2)12-18/h3-13,22-23,25-29H,14-15H2,1-2H3,(H,36,40)/t22?,23?,25-,26?,27?,28?,29?/m1/s1. The first kappa shape index (κ1) is 27.4. The van der Waals surface area contributed by atoms with Crippen molar-refractivity contribution >= 4 is 56.5 Å². The second kappa shape index (κ2) is 10.2. The minimum atomic E-state index is -0.343. The Labute approximate surface area is 266 Å². The maximum Gasteiger partial charge on any atom is 0.305 e. The predicted molar refractivity (Wildman–Crippen MR) is 172 cm³/mol. The van der Waals surface area contributed by atoms with Crippen molar-refractivity contribution in [1.29, 1.82) is 0 Å². The van der Waals surface area contributed by atoms with Gasteiger partial charge in [-0.15, -0.1) is 11.8 Å². The number of carbonyl (C=O) groups is 2. The van der Waals surface area contributed by atoms with Crippen LogP contribution in [0.1, 0.15) is 39.5 Å². The minimum Gasteiger partial charge on any atom is -0.489 e. The molecule has 3 heterocycles. The minimum absolute atomic E-state index is 0.0401. The van der Waals surface area contributed by atoms with Crippen LogP contribution in [0.25, 0.3) is 0 Å². The molecule has 2 saturated carbocycles. The maximum atomic E-state index is 14.1. The van der Waals surface area contributed by atoms with Crippen LogP contribution < -0.4 is 14.5 Å². The van der Waals surface area contributed by atoms with Gasteiger partial charge in [-0.3, -0.25) is 19.3 Å². The Morgan fingerprint density at radius 3 is 2.47 bits per heavy atom. The molecule has 1 saturated heterocycles. The average molecular weight is 674 g/mol. The summed E-state index contributed by atoms with van der Waals surface area (Å²) < 4.78 is 7.44. The fourth-order valence-electron chi connectivity index (χ4n) is 8.17. The van der Waals surface area contributed by atoms with Gasteiger partial charge in [0, 0.05) is 26.1 Å². The van der Waals surface area contributed by atoms with Gasteiger partial charge in [-0.1, -0.05) is 74.8 Å². The number of nitrogens with one attached hydrogen (secondary N) is 1. The number of amides is 2. The number of rotatable bonds is 5. The summed E-state index contributed by atoms with van der Waals surface area (Å²) in [6.45, 7) is 4.50. The molecule has 0 spiro atoms. The Morgan fingerprint density at radius 1 is 0.930 bits per heavy atom. The smallest absolute Gasteiger partial charge is 0.305 e. The van der Waals surface area contributed by atoms with E-state index in [2.05, 4.69) is 52.1 Å². The molecule has 2 amide bonds. The van der Waals surface area contributed by atoms with Crippen molar-refractivity contribution in [2.75, 3.05) is 4.90 Å². The third-order valence-corrected chi connectivity index (χ3v) is 12.9. The number of carbonyl (C=O) groups excluding carboxylic acids is 2. The zero-order valence-electron chi connectivity index (χ0n) is 23.6. The number of aromatic amines is 1. The van der Waals surface area contributed by atoms with Crippen molar-refractivity contribution in [3.05, 3.63) is 108 Å². The van der Waals surface area contributed by atoms with Crippen molar-refractivity contribution in [2.24, 2.45) is 29.6 Å². The van der Waals surface area contributed by atoms with Gasteiger partial charge in [-0.2, -0.15) is 0 Å². The van der Waals surface area contributed by atoms with Crippen molar-refractivity contribution in [2.45, 2.75) is 43.1 Å². The number of halogens is 1. The highest BCUT2D eigenvalue weighted by atomic mass is 79.9. The fourth-order valence-corrected chi connectivity index (χ4v) is 11.4. The number of nitrogens with zero attached hydrogens (tertiary/aromatic N) is 1. The number of hydrogen-bond acceptors (Lipinski definition) is 6. The number of aryl methyl sites for hydroxylation is 2. The van der Waals surface area contributed by atoms with Gasteiger partial charge in [0.2, 0.25) is 11.8 Å². The molecule has 6 nitrogen and oxygen atoms in total. The first-order chi connectivity index (χ1) is 20.8. The highest BCUT2D eigenvalue weighted by Crippen LogP contribution is 2.69. The number of ether oxygens (including phenoxy) is 1. The summed E-state index contributed by atoms with van der Waals surface area (Å²) in [6.07, 6.45) is 0.847. The Hall–Kier alpha value is -3.14. The number of fused-ring (bicyclic) bond motifs is 9. The normalized spacial score (nSPS) is 28.6. The van der Waals surface area contributed by atoms with Crippen LogP contribution in [0, 0.1) is 43.4 Å². The molecule has 2 aliphatic heterocycles. The lowest BCUT2D eigenvalue weighted by Gasteiger charge is -2.43. The lowest BCUT2D eigenvalue weighted by atomic mass is 9.68. The van der Waals surface area contributed by atoms with Crippen LogP contribution in [0.15, 0.2) is 81.0 Å². The van der Waals surface area contributed by atoms with E-state index in [9.17, 15) is 14.4 Å². The van der Waals surface area contributed by atoms with E-state index in [1.54, 1.807) is 11.8 Å². The van der Waals surface area contributed by atoms with E-state index in [-0.39, 0.29) is 57.4 Å². The van der Waals surface area contributed by atoms with Crippen LogP contribution >= 0.6 is 39.0 Å². The van der Waals surface area contributed by atoms with Crippen LogP contribution in [-0.2, 0) is 16.2 Å². The lowest BCUT2D eigenvalue weighted by molar-refractivity contribution is -0.123. The number of imide groups is 1. The molecule has 2 bridgehead atoms. The van der Waals surface area contributed by atoms with Gasteiger partial charge < -0.3 is 9.72 Å². The third kappa shape index (κ3) is 4.30. The SMILES string of the molecule is Cc1ccc(N2C(=O)C3C4CC(C3C2=O)C2C4Sc3[nH]c(=O)sc3[C@@H]2c2cc(Br)ccc2OCc2cccc(C)c2)cc1. The molecule has 4 aromatic rings. The first-order valence-corrected chi connectivity index (χ1v) is 17.1. The Morgan fingerprint density at radius 2 is 1.70 bits per heavy atom. The number of thioether (sulfide) groups is 1. The van der Waals surface area contributed by atoms with Gasteiger partial charge >= 0.3 is 4.87 Å². The van der Waals surface area contributed by atoms with Gasteiger partial charge in [0.1, 0.15) is 12.4 Å². The molecule has 4 aliphatic rings. The average Bonchev–Trinajstić information content (AvgIpc) is 3.72. The molecule has 1 aromatic heterocycles. The monoisotopic (exact) mass is 672 g/mol. The van der Waals surface area contributed by atoms with Gasteiger partial charge in [-0.05, 0) is 73.9 Å². The molecule has 9 heteroatoms. The van der Waals surface area contributed by atoms with E-state index in [4.69, 9.17) is 4.74 Å². The number of aromatic nitrogens is 1. The molecular weight excluding hydrogens is 644 g/mol. The number of hydrogen-bond donors (Lipinski definition) is 1. The zero-order valence-corrected chi connectivity index (χ0v) is 26.8. The summed E-state index contributed by atoms with van der Waals surface area (Å²) in [5, 5.41) is 1.01. The maximum absolute atomic E-state index is 14.1. The third-order valence-electron chi connectivity index (χ3n) is 9.80. The molecule has 3 fully saturated rings.